The molecule has 0 bridgehead atoms. The van der Waals surface area contributed by atoms with Crippen molar-refractivity contribution in [3.8, 4) is 11.5 Å². The van der Waals surface area contributed by atoms with Crippen LogP contribution in [-0.4, -0.2) is 11.9 Å². The Bertz CT molecular complexity index is 748. The van der Waals surface area contributed by atoms with Gasteiger partial charge in [-0.25, -0.2) is 0 Å². The lowest BCUT2D eigenvalue weighted by atomic mass is 9.73. The van der Waals surface area contributed by atoms with Crippen molar-refractivity contribution < 1.29 is 14.6 Å². The molecule has 0 aromatic heterocycles. The summed E-state index contributed by atoms with van der Waals surface area (Å²) in [5.74, 6) is 1.66. The summed E-state index contributed by atoms with van der Waals surface area (Å²) in [6, 6.07) is 4.18. The molecule has 102 valence electrons. The molecule has 1 aliphatic heterocycles. The number of aliphatic hydroxyl groups is 1. The number of aryl methyl sites for hydroxylation is 1. The zero-order valence-electron chi connectivity index (χ0n) is 11.2. The van der Waals surface area contributed by atoms with Crippen molar-refractivity contribution in [2.24, 2.45) is 0 Å². The molecule has 3 heteroatoms. The van der Waals surface area contributed by atoms with Crippen LogP contribution >= 0.6 is 0 Å². The zero-order valence-corrected chi connectivity index (χ0v) is 11.2. The maximum absolute atomic E-state index is 10.2. The van der Waals surface area contributed by atoms with Crippen LogP contribution in [0.1, 0.15) is 41.2 Å². The van der Waals surface area contributed by atoms with Crippen molar-refractivity contribution in [2.75, 3.05) is 6.79 Å². The second-order valence-electron chi connectivity index (χ2n) is 6.03. The fraction of sp³-hybridized carbons (Fsp3) is 0.412. The highest BCUT2D eigenvalue weighted by Crippen LogP contribution is 2.48. The number of hydrogen-bond donors (Lipinski definition) is 1. The van der Waals surface area contributed by atoms with E-state index in [4.69, 9.17) is 9.47 Å². The molecule has 0 spiro atoms. The Labute approximate surface area is 117 Å². The molecule has 0 saturated heterocycles. The molecular weight excluding hydrogens is 252 g/mol. The Balaban J connectivity index is 1.91. The Hall–Kier alpha value is -1.74. The van der Waals surface area contributed by atoms with E-state index in [1.807, 2.05) is 0 Å². The topological polar surface area (TPSA) is 38.7 Å². The lowest BCUT2D eigenvalue weighted by Crippen LogP contribution is -2.22. The minimum Gasteiger partial charge on any atom is -0.454 e. The predicted octanol–water partition coefficient (Wildman–Crippen LogP) is 3.04. The summed E-state index contributed by atoms with van der Waals surface area (Å²) < 4.78 is 11.0. The van der Waals surface area contributed by atoms with Gasteiger partial charge in [-0.3, -0.25) is 0 Å². The van der Waals surface area contributed by atoms with Gasteiger partial charge in [-0.05, 0) is 70.8 Å². The van der Waals surface area contributed by atoms with E-state index in [2.05, 4.69) is 12.1 Å². The summed E-state index contributed by atoms with van der Waals surface area (Å²) in [5.41, 5.74) is 5.52. The lowest BCUT2D eigenvalue weighted by molar-refractivity contribution is 0.155. The van der Waals surface area contributed by atoms with E-state index < -0.39 is 0 Å². The van der Waals surface area contributed by atoms with Crippen LogP contribution in [0.4, 0.5) is 0 Å². The summed E-state index contributed by atoms with van der Waals surface area (Å²) in [4.78, 5) is 0. The predicted molar refractivity (Wildman–Crippen MR) is 75.4 cm³/mol. The Kier molecular flexibility index (Phi) is 2.01. The molecule has 0 amide bonds. The van der Waals surface area contributed by atoms with E-state index in [1.54, 1.807) is 0 Å². The Morgan fingerprint density at radius 2 is 1.60 bits per heavy atom. The SMILES string of the molecule is OC1Cc2c3c(c4cc5c(cc4c21)OCO5)CCCC3. The standard InChI is InChI=1S/C17H16O3/c18-14-5-12-10-4-2-1-3-9(10)11-6-15-16(20-8-19-15)7-13(11)17(12)14/h6-7,14,18H,1-5,8H2. The summed E-state index contributed by atoms with van der Waals surface area (Å²) in [6.45, 7) is 0.304. The molecule has 0 radical (unpaired) electrons. The minimum atomic E-state index is -0.305. The minimum absolute atomic E-state index is 0.304. The van der Waals surface area contributed by atoms with Crippen LogP contribution < -0.4 is 9.47 Å². The quantitative estimate of drug-likeness (QED) is 0.798. The third-order valence-corrected chi connectivity index (χ3v) is 5.02. The highest BCUT2D eigenvalue weighted by Gasteiger charge is 2.33. The van der Waals surface area contributed by atoms with Gasteiger partial charge in [0, 0.05) is 6.42 Å². The molecule has 1 atom stereocenters. The van der Waals surface area contributed by atoms with Crippen molar-refractivity contribution in [2.45, 2.75) is 38.2 Å². The highest BCUT2D eigenvalue weighted by molar-refractivity contribution is 5.95. The van der Waals surface area contributed by atoms with Crippen molar-refractivity contribution in [1.29, 1.82) is 0 Å². The van der Waals surface area contributed by atoms with Crippen molar-refractivity contribution in [3.63, 3.8) is 0 Å². The van der Waals surface area contributed by atoms with Crippen LogP contribution in [0.15, 0.2) is 12.1 Å². The Morgan fingerprint density at radius 1 is 0.900 bits per heavy atom. The van der Waals surface area contributed by atoms with E-state index in [9.17, 15) is 5.11 Å². The molecule has 1 heterocycles. The molecule has 0 saturated carbocycles. The summed E-state index contributed by atoms with van der Waals surface area (Å²) in [5, 5.41) is 12.6. The Morgan fingerprint density at radius 3 is 2.35 bits per heavy atom. The van der Waals surface area contributed by atoms with Gasteiger partial charge < -0.3 is 14.6 Å². The molecule has 20 heavy (non-hydrogen) atoms. The van der Waals surface area contributed by atoms with Crippen molar-refractivity contribution in [3.05, 3.63) is 34.4 Å². The highest BCUT2D eigenvalue weighted by atomic mass is 16.7. The fourth-order valence-corrected chi connectivity index (χ4v) is 4.05. The number of aliphatic hydroxyl groups excluding tert-OH is 1. The average Bonchev–Trinajstić information content (AvgIpc) is 2.91. The maximum Gasteiger partial charge on any atom is 0.231 e. The van der Waals surface area contributed by atoms with E-state index in [0.29, 0.717) is 6.79 Å². The van der Waals surface area contributed by atoms with Crippen LogP contribution in [0.2, 0.25) is 0 Å². The van der Waals surface area contributed by atoms with Gasteiger partial charge in [-0.2, -0.15) is 0 Å². The first kappa shape index (κ1) is 11.0. The molecule has 1 unspecified atom stereocenters. The molecule has 3 aliphatic rings. The second-order valence-corrected chi connectivity index (χ2v) is 6.03. The van der Waals surface area contributed by atoms with Gasteiger partial charge in [0.2, 0.25) is 6.79 Å². The number of rotatable bonds is 0. The lowest BCUT2D eigenvalue weighted by Gasteiger charge is -2.34. The van der Waals surface area contributed by atoms with Gasteiger partial charge in [0.25, 0.3) is 0 Å². The van der Waals surface area contributed by atoms with Crippen LogP contribution in [0.25, 0.3) is 10.8 Å². The number of hydrogen-bond acceptors (Lipinski definition) is 3. The van der Waals surface area contributed by atoms with Gasteiger partial charge in [0.1, 0.15) is 0 Å². The van der Waals surface area contributed by atoms with Crippen LogP contribution in [-0.2, 0) is 19.3 Å². The van der Waals surface area contributed by atoms with E-state index >= 15 is 0 Å². The molecule has 2 aromatic rings. The molecule has 1 N–H and O–H groups in total. The molecule has 3 nitrogen and oxygen atoms in total. The first-order chi connectivity index (χ1) is 9.83. The first-order valence-corrected chi connectivity index (χ1v) is 7.41. The third-order valence-electron chi connectivity index (χ3n) is 5.02. The van der Waals surface area contributed by atoms with Crippen molar-refractivity contribution in [1.82, 2.24) is 0 Å². The van der Waals surface area contributed by atoms with Crippen LogP contribution in [0, 0.1) is 0 Å². The van der Waals surface area contributed by atoms with Gasteiger partial charge in [-0.15, -0.1) is 0 Å². The molecule has 0 fully saturated rings. The zero-order chi connectivity index (χ0) is 13.3. The number of ether oxygens (including phenoxy) is 2. The fourth-order valence-electron chi connectivity index (χ4n) is 4.05. The third kappa shape index (κ3) is 1.24. The molecule has 5 rings (SSSR count). The van der Waals surface area contributed by atoms with E-state index in [1.165, 1.54) is 40.3 Å². The van der Waals surface area contributed by atoms with Gasteiger partial charge in [-0.1, -0.05) is 0 Å². The van der Waals surface area contributed by atoms with Gasteiger partial charge in [0.15, 0.2) is 11.5 Å². The van der Waals surface area contributed by atoms with E-state index in [-0.39, 0.29) is 6.10 Å². The maximum atomic E-state index is 10.2. The summed E-state index contributed by atoms with van der Waals surface area (Å²) in [7, 11) is 0. The largest absolute Gasteiger partial charge is 0.454 e. The normalized spacial score (nSPS) is 22.4. The summed E-state index contributed by atoms with van der Waals surface area (Å²) in [6.07, 6.45) is 5.36. The molecule has 2 aliphatic carbocycles. The number of fused-ring (bicyclic) bond motifs is 7. The smallest absolute Gasteiger partial charge is 0.231 e. The number of benzene rings is 2. The molecular formula is C17H16O3. The van der Waals surface area contributed by atoms with Crippen molar-refractivity contribution >= 4 is 10.8 Å². The first-order valence-electron chi connectivity index (χ1n) is 7.41. The van der Waals surface area contributed by atoms with E-state index in [0.717, 1.165) is 36.3 Å². The average molecular weight is 268 g/mol. The van der Waals surface area contributed by atoms with Gasteiger partial charge in [0.05, 0.1) is 6.10 Å². The summed E-state index contributed by atoms with van der Waals surface area (Å²) >= 11 is 0. The van der Waals surface area contributed by atoms with Crippen LogP contribution in [0.3, 0.4) is 0 Å². The second kappa shape index (κ2) is 3.67. The van der Waals surface area contributed by atoms with Crippen LogP contribution in [0.5, 0.6) is 11.5 Å². The molecule has 2 aromatic carbocycles. The monoisotopic (exact) mass is 268 g/mol. The van der Waals surface area contributed by atoms with Gasteiger partial charge >= 0.3 is 0 Å².